The third kappa shape index (κ3) is 5.95. The number of fused-ring (bicyclic) bond motifs is 1. The predicted octanol–water partition coefficient (Wildman–Crippen LogP) is 2.89. The van der Waals surface area contributed by atoms with Gasteiger partial charge in [0.1, 0.15) is 11.4 Å². The van der Waals surface area contributed by atoms with E-state index >= 15 is 0 Å². The van der Waals surface area contributed by atoms with Gasteiger partial charge in [-0.1, -0.05) is 49.2 Å². The largest absolute Gasteiger partial charge is 0.365 e. The summed E-state index contributed by atoms with van der Waals surface area (Å²) >= 11 is 0. The van der Waals surface area contributed by atoms with Crippen molar-refractivity contribution in [3.63, 3.8) is 0 Å². The highest BCUT2D eigenvalue weighted by Gasteiger charge is 2.27. The molecule has 1 aliphatic carbocycles. The Labute approximate surface area is 222 Å². The highest BCUT2D eigenvalue weighted by Crippen LogP contribution is 2.28. The predicted molar refractivity (Wildman–Crippen MR) is 147 cm³/mol. The molecule has 1 fully saturated rings. The molecule has 1 saturated carbocycles. The van der Waals surface area contributed by atoms with E-state index in [9.17, 15) is 13.2 Å². The van der Waals surface area contributed by atoms with Crippen molar-refractivity contribution < 1.29 is 13.2 Å². The second-order valence-electron chi connectivity index (χ2n) is 9.95. The minimum Gasteiger partial charge on any atom is -0.365 e. The number of nitrogens with zero attached hydrogens (tertiary/aromatic N) is 3. The van der Waals surface area contributed by atoms with Crippen molar-refractivity contribution in [1.82, 2.24) is 14.3 Å². The van der Waals surface area contributed by atoms with E-state index in [0.717, 1.165) is 42.4 Å². The summed E-state index contributed by atoms with van der Waals surface area (Å²) in [6.45, 7) is 0.712. The molecule has 1 aliphatic heterocycles. The number of anilines is 3. The van der Waals surface area contributed by atoms with E-state index in [1.54, 1.807) is 0 Å². The summed E-state index contributed by atoms with van der Waals surface area (Å²) in [7, 11) is -3.48. The third-order valence-corrected chi connectivity index (χ3v) is 9.02. The zero-order valence-corrected chi connectivity index (χ0v) is 22.0. The first kappa shape index (κ1) is 26.1. The average molecular weight is 536 g/mol. The van der Waals surface area contributed by atoms with Crippen LogP contribution in [-0.4, -0.2) is 47.2 Å². The normalized spacial score (nSPS) is 19.9. The molecule has 10 nitrogen and oxygen atoms in total. The lowest BCUT2D eigenvalue weighted by Crippen LogP contribution is -2.43. The molecule has 0 unspecified atom stereocenters. The molecule has 38 heavy (non-hydrogen) atoms. The molecular weight excluding hydrogens is 502 g/mol. The monoisotopic (exact) mass is 535 g/mol. The zero-order valence-electron chi connectivity index (χ0n) is 21.1. The standard InChI is InChI=1S/C27H33N7O3S/c28-23-8-4-5-9-24(23)32-27-30-15-22(25(29)35)26(33-27)31-21-11-10-19-12-13-34(16-20(19)14-21)38(36,37)17-18-6-2-1-3-7-18/h1-3,6-7,10-11,14-15,23-24H,4-5,8-9,12-13,16-17,28H2,(H2,29,35)(H2,30,31,32,33)/t23-,24+/m0/s1. The first-order valence-electron chi connectivity index (χ1n) is 12.9. The SMILES string of the molecule is NC(=O)c1cnc(N[C@@H]2CCCC[C@@H]2N)nc1Nc1ccc2c(c1)CN(S(=O)(=O)Cc1ccccc1)CC2. The van der Waals surface area contributed by atoms with E-state index in [0.29, 0.717) is 24.6 Å². The van der Waals surface area contributed by atoms with Crippen LogP contribution in [0.2, 0.25) is 0 Å². The van der Waals surface area contributed by atoms with Gasteiger partial charge < -0.3 is 22.1 Å². The van der Waals surface area contributed by atoms with E-state index < -0.39 is 15.9 Å². The van der Waals surface area contributed by atoms with E-state index in [4.69, 9.17) is 11.5 Å². The van der Waals surface area contributed by atoms with E-state index in [-0.39, 0.29) is 35.8 Å². The summed E-state index contributed by atoms with van der Waals surface area (Å²) in [5.41, 5.74) is 15.4. The number of hydrogen-bond donors (Lipinski definition) is 4. The molecule has 0 saturated heterocycles. The summed E-state index contributed by atoms with van der Waals surface area (Å²) in [6, 6.07) is 15.0. The molecule has 2 aromatic carbocycles. The molecular formula is C27H33N7O3S. The summed E-state index contributed by atoms with van der Waals surface area (Å²) in [4.78, 5) is 20.9. The van der Waals surface area contributed by atoms with Gasteiger partial charge >= 0.3 is 0 Å². The van der Waals surface area contributed by atoms with Crippen LogP contribution in [0, 0.1) is 0 Å². The molecule has 6 N–H and O–H groups in total. The molecule has 11 heteroatoms. The van der Waals surface area contributed by atoms with Gasteiger partial charge in [-0.3, -0.25) is 4.79 Å². The summed E-state index contributed by atoms with van der Waals surface area (Å²) in [5.74, 6) is -0.0333. The van der Waals surface area contributed by atoms with Gasteiger partial charge in [-0.2, -0.15) is 9.29 Å². The van der Waals surface area contributed by atoms with Crippen LogP contribution in [0.25, 0.3) is 0 Å². The number of amides is 1. The Hall–Kier alpha value is -3.54. The number of sulfonamides is 1. The van der Waals surface area contributed by atoms with Gasteiger partial charge in [0.25, 0.3) is 5.91 Å². The number of carbonyl (C=O) groups excluding carboxylic acids is 1. The van der Waals surface area contributed by atoms with Crippen molar-refractivity contribution in [2.45, 2.75) is 56.5 Å². The topological polar surface area (TPSA) is 156 Å². The first-order chi connectivity index (χ1) is 18.3. The van der Waals surface area contributed by atoms with Gasteiger partial charge in [-0.25, -0.2) is 13.4 Å². The van der Waals surface area contributed by atoms with Crippen LogP contribution in [0.1, 0.15) is 52.7 Å². The van der Waals surface area contributed by atoms with Crippen molar-refractivity contribution in [3.05, 3.63) is 77.0 Å². The minimum atomic E-state index is -3.48. The number of rotatable bonds is 8. The van der Waals surface area contributed by atoms with Crippen LogP contribution in [0.4, 0.5) is 17.5 Å². The number of carbonyl (C=O) groups is 1. The summed E-state index contributed by atoms with van der Waals surface area (Å²) in [6.07, 6.45) is 6.10. The molecule has 0 radical (unpaired) electrons. The maximum absolute atomic E-state index is 13.1. The number of nitrogens with one attached hydrogen (secondary N) is 2. The van der Waals surface area contributed by atoms with Crippen LogP contribution in [0.15, 0.2) is 54.7 Å². The van der Waals surface area contributed by atoms with Gasteiger partial charge in [0.05, 0.1) is 5.75 Å². The Morgan fingerprint density at radius 2 is 1.87 bits per heavy atom. The molecule has 0 bridgehead atoms. The van der Waals surface area contributed by atoms with E-state index in [1.165, 1.54) is 10.5 Å². The number of benzene rings is 2. The quantitative estimate of drug-likeness (QED) is 0.343. The van der Waals surface area contributed by atoms with Crippen molar-refractivity contribution in [1.29, 1.82) is 0 Å². The second-order valence-corrected chi connectivity index (χ2v) is 11.9. The molecule has 1 aromatic heterocycles. The molecule has 2 atom stereocenters. The lowest BCUT2D eigenvalue weighted by Gasteiger charge is -2.29. The highest BCUT2D eigenvalue weighted by atomic mass is 32.2. The third-order valence-electron chi connectivity index (χ3n) is 7.22. The maximum Gasteiger partial charge on any atom is 0.254 e. The van der Waals surface area contributed by atoms with Crippen LogP contribution in [-0.2, 0) is 28.7 Å². The number of hydrogen-bond acceptors (Lipinski definition) is 8. The smallest absolute Gasteiger partial charge is 0.254 e. The Balaban J connectivity index is 1.35. The van der Waals surface area contributed by atoms with Crippen molar-refractivity contribution in [3.8, 4) is 0 Å². The lowest BCUT2D eigenvalue weighted by molar-refractivity contribution is 0.100. The van der Waals surface area contributed by atoms with Crippen molar-refractivity contribution in [2.75, 3.05) is 17.2 Å². The molecule has 3 aromatic rings. The fraction of sp³-hybridized carbons (Fsp3) is 0.370. The van der Waals surface area contributed by atoms with Gasteiger partial charge in [0.2, 0.25) is 16.0 Å². The number of nitrogens with two attached hydrogens (primary N) is 2. The molecule has 1 amide bonds. The van der Waals surface area contributed by atoms with Gasteiger partial charge in [-0.05, 0) is 48.1 Å². The second kappa shape index (κ2) is 11.1. The molecule has 200 valence electrons. The number of primary amides is 1. The fourth-order valence-electron chi connectivity index (χ4n) is 5.09. The van der Waals surface area contributed by atoms with Gasteiger partial charge in [-0.15, -0.1) is 0 Å². The Morgan fingerprint density at radius 1 is 1.08 bits per heavy atom. The highest BCUT2D eigenvalue weighted by molar-refractivity contribution is 7.88. The van der Waals surface area contributed by atoms with E-state index in [1.807, 2.05) is 48.5 Å². The number of aromatic nitrogens is 2. The van der Waals surface area contributed by atoms with Gasteiger partial charge in [0.15, 0.2) is 0 Å². The zero-order chi connectivity index (χ0) is 26.7. The van der Waals surface area contributed by atoms with Crippen LogP contribution in [0.3, 0.4) is 0 Å². The minimum absolute atomic E-state index is 0.0151. The summed E-state index contributed by atoms with van der Waals surface area (Å²) < 4.78 is 27.7. The lowest BCUT2D eigenvalue weighted by atomic mass is 9.91. The molecule has 2 heterocycles. The average Bonchev–Trinajstić information content (AvgIpc) is 2.90. The molecule has 0 spiro atoms. The van der Waals surface area contributed by atoms with Crippen molar-refractivity contribution in [2.24, 2.45) is 11.5 Å². The first-order valence-corrected chi connectivity index (χ1v) is 14.5. The van der Waals surface area contributed by atoms with Gasteiger partial charge in [0, 0.05) is 37.1 Å². The van der Waals surface area contributed by atoms with Crippen LogP contribution in [0.5, 0.6) is 0 Å². The van der Waals surface area contributed by atoms with Crippen molar-refractivity contribution >= 4 is 33.4 Å². The Kier molecular flexibility index (Phi) is 7.59. The van der Waals surface area contributed by atoms with E-state index in [2.05, 4.69) is 20.6 Å². The fourth-order valence-corrected chi connectivity index (χ4v) is 6.59. The Morgan fingerprint density at radius 3 is 2.63 bits per heavy atom. The van der Waals surface area contributed by atoms with Crippen LogP contribution < -0.4 is 22.1 Å². The molecule has 2 aliphatic rings. The Bertz CT molecular complexity index is 1420. The maximum atomic E-state index is 13.1. The van der Waals surface area contributed by atoms with Crippen LogP contribution >= 0.6 is 0 Å². The summed E-state index contributed by atoms with van der Waals surface area (Å²) in [5, 5.41) is 6.50. The molecule has 5 rings (SSSR count).